The van der Waals surface area contributed by atoms with Gasteiger partial charge in [0.05, 0.1) is 11.0 Å². The first-order chi connectivity index (χ1) is 29.2. The van der Waals surface area contributed by atoms with E-state index in [1.54, 1.807) is 0 Å². The Morgan fingerprint density at radius 2 is 0.949 bits per heavy atom. The molecule has 2 heterocycles. The second-order valence-electron chi connectivity index (χ2n) is 15.3. The number of allylic oxidation sites excluding steroid dienone is 1. The molecule has 2 nitrogen and oxygen atoms in total. The van der Waals surface area contributed by atoms with E-state index in [9.17, 15) is 0 Å². The largest absolute Gasteiger partial charge is 0.455 e. The Morgan fingerprint density at radius 3 is 1.69 bits per heavy atom. The van der Waals surface area contributed by atoms with Crippen molar-refractivity contribution < 1.29 is 4.42 Å². The molecule has 0 aliphatic carbocycles. The highest BCUT2D eigenvalue weighted by atomic mass is 16.3. The number of fused-ring (bicyclic) bond motifs is 6. The van der Waals surface area contributed by atoms with Crippen LogP contribution in [0.1, 0.15) is 16.7 Å². The van der Waals surface area contributed by atoms with Crippen molar-refractivity contribution in [2.75, 3.05) is 0 Å². The minimum Gasteiger partial charge on any atom is -0.455 e. The van der Waals surface area contributed by atoms with E-state index >= 15 is 0 Å². The Morgan fingerprint density at radius 1 is 0.407 bits per heavy atom. The monoisotopic (exact) mass is 753 g/mol. The molecule has 2 aromatic heterocycles. The minimum atomic E-state index is 0.763. The molecule has 2 heteroatoms. The summed E-state index contributed by atoms with van der Waals surface area (Å²) >= 11 is 0. The summed E-state index contributed by atoms with van der Waals surface area (Å²) in [6.07, 6.45) is 3.08. The van der Waals surface area contributed by atoms with Gasteiger partial charge in [-0.15, -0.1) is 0 Å². The Labute approximate surface area is 343 Å². The summed E-state index contributed by atoms with van der Waals surface area (Å²) in [5, 5.41) is 4.80. The second-order valence-corrected chi connectivity index (χ2v) is 15.3. The van der Waals surface area contributed by atoms with E-state index < -0.39 is 0 Å². The van der Waals surface area contributed by atoms with Crippen LogP contribution in [-0.2, 0) is 6.42 Å². The van der Waals surface area contributed by atoms with Gasteiger partial charge in [0.2, 0.25) is 0 Å². The molecule has 0 aliphatic rings. The lowest BCUT2D eigenvalue weighted by molar-refractivity contribution is 0.667. The van der Waals surface area contributed by atoms with Gasteiger partial charge in [-0.05, 0) is 92.9 Å². The van der Waals surface area contributed by atoms with Crippen molar-refractivity contribution in [2.45, 2.75) is 6.42 Å². The van der Waals surface area contributed by atoms with Crippen molar-refractivity contribution in [3.8, 4) is 39.1 Å². The SMILES string of the molecule is C(=C(\Cc1ccc(-c2ccc(-c3ccc4c(c3)c3ccccc3n4-c3ccccc3)cc2)cc1)c1cccc2c1oc1ccccc12)/c1ccc(-c2ccccc2)cc1. The van der Waals surface area contributed by atoms with Crippen LogP contribution < -0.4 is 0 Å². The zero-order chi connectivity index (χ0) is 39.1. The summed E-state index contributed by atoms with van der Waals surface area (Å²) in [5.41, 5.74) is 17.4. The van der Waals surface area contributed by atoms with Gasteiger partial charge in [-0.1, -0.05) is 188 Å². The fourth-order valence-corrected chi connectivity index (χ4v) is 8.73. The van der Waals surface area contributed by atoms with Crippen molar-refractivity contribution in [3.63, 3.8) is 0 Å². The topological polar surface area (TPSA) is 18.1 Å². The molecule has 0 radical (unpaired) electrons. The summed E-state index contributed by atoms with van der Waals surface area (Å²) in [4.78, 5) is 0. The third-order valence-electron chi connectivity index (χ3n) is 11.7. The first-order valence-electron chi connectivity index (χ1n) is 20.3. The maximum absolute atomic E-state index is 6.55. The lowest BCUT2D eigenvalue weighted by Crippen LogP contribution is -1.93. The highest BCUT2D eigenvalue weighted by Crippen LogP contribution is 2.38. The summed E-state index contributed by atoms with van der Waals surface area (Å²) in [6.45, 7) is 0. The lowest BCUT2D eigenvalue weighted by atomic mass is 9.93. The maximum Gasteiger partial charge on any atom is 0.142 e. The Balaban J connectivity index is 0.900. The van der Waals surface area contributed by atoms with Crippen LogP contribution in [0.25, 0.3) is 94.5 Å². The molecule has 0 bridgehead atoms. The van der Waals surface area contributed by atoms with Crippen molar-refractivity contribution in [1.29, 1.82) is 0 Å². The quantitative estimate of drug-likeness (QED) is 0.141. The molecule has 11 rings (SSSR count). The van der Waals surface area contributed by atoms with Crippen LogP contribution >= 0.6 is 0 Å². The van der Waals surface area contributed by atoms with Crippen molar-refractivity contribution in [1.82, 2.24) is 4.57 Å². The van der Waals surface area contributed by atoms with Gasteiger partial charge < -0.3 is 8.98 Å². The first kappa shape index (κ1) is 34.6. The van der Waals surface area contributed by atoms with Crippen molar-refractivity contribution in [2.24, 2.45) is 0 Å². The Kier molecular flexibility index (Phi) is 8.60. The maximum atomic E-state index is 6.55. The van der Waals surface area contributed by atoms with Crippen LogP contribution in [0.15, 0.2) is 223 Å². The Bertz CT molecular complexity index is 3300. The fraction of sp³-hybridized carbons (Fsp3) is 0.0175. The predicted octanol–water partition coefficient (Wildman–Crippen LogP) is 15.5. The highest BCUT2D eigenvalue weighted by Gasteiger charge is 2.16. The molecule has 0 unspecified atom stereocenters. The van der Waals surface area contributed by atoms with Gasteiger partial charge in [0.1, 0.15) is 11.2 Å². The number of rotatable bonds is 8. The minimum absolute atomic E-state index is 0.763. The van der Waals surface area contributed by atoms with E-state index in [0.29, 0.717) is 0 Å². The summed E-state index contributed by atoms with van der Waals surface area (Å²) in [7, 11) is 0. The van der Waals surface area contributed by atoms with Crippen LogP contribution in [0, 0.1) is 0 Å². The summed E-state index contributed by atoms with van der Waals surface area (Å²) in [6, 6.07) is 78.5. The number of furan rings is 1. The average molecular weight is 754 g/mol. The zero-order valence-electron chi connectivity index (χ0n) is 32.4. The number of benzene rings is 9. The van der Waals surface area contributed by atoms with Gasteiger partial charge in [-0.3, -0.25) is 0 Å². The molecule has 0 aliphatic heterocycles. The number of hydrogen-bond donors (Lipinski definition) is 0. The van der Waals surface area contributed by atoms with E-state index in [4.69, 9.17) is 4.42 Å². The summed E-state index contributed by atoms with van der Waals surface area (Å²) in [5.74, 6) is 0. The molecular formula is C57H39NO. The van der Waals surface area contributed by atoms with Crippen LogP contribution in [0.3, 0.4) is 0 Å². The van der Waals surface area contributed by atoms with E-state index in [2.05, 4.69) is 223 Å². The van der Waals surface area contributed by atoms with Gasteiger partial charge in [0.25, 0.3) is 0 Å². The molecule has 278 valence electrons. The number of aromatic nitrogens is 1. The van der Waals surface area contributed by atoms with Gasteiger partial charge in [0, 0.05) is 32.8 Å². The van der Waals surface area contributed by atoms with E-state index in [1.165, 1.54) is 72.0 Å². The van der Waals surface area contributed by atoms with Crippen molar-refractivity contribution in [3.05, 3.63) is 235 Å². The first-order valence-corrected chi connectivity index (χ1v) is 20.3. The predicted molar refractivity (Wildman–Crippen MR) is 249 cm³/mol. The van der Waals surface area contributed by atoms with Crippen LogP contribution in [0.4, 0.5) is 0 Å². The molecular weight excluding hydrogens is 715 g/mol. The van der Waals surface area contributed by atoms with E-state index in [-0.39, 0.29) is 0 Å². The van der Waals surface area contributed by atoms with Gasteiger partial charge >= 0.3 is 0 Å². The third-order valence-corrected chi connectivity index (χ3v) is 11.7. The number of nitrogens with zero attached hydrogens (tertiary/aromatic N) is 1. The smallest absolute Gasteiger partial charge is 0.142 e. The molecule has 0 fully saturated rings. The molecule has 0 N–H and O–H groups in total. The number of hydrogen-bond acceptors (Lipinski definition) is 1. The van der Waals surface area contributed by atoms with Crippen LogP contribution in [-0.4, -0.2) is 4.57 Å². The number of para-hydroxylation sites is 4. The molecule has 0 saturated carbocycles. The second kappa shape index (κ2) is 14.7. The molecule has 11 aromatic rings. The van der Waals surface area contributed by atoms with Gasteiger partial charge in [0.15, 0.2) is 0 Å². The third kappa shape index (κ3) is 6.42. The Hall–Kier alpha value is -7.68. The molecule has 0 atom stereocenters. The highest BCUT2D eigenvalue weighted by molar-refractivity contribution is 6.11. The van der Waals surface area contributed by atoms with Crippen LogP contribution in [0.2, 0.25) is 0 Å². The van der Waals surface area contributed by atoms with E-state index in [0.717, 1.165) is 39.5 Å². The molecule has 9 aromatic carbocycles. The van der Waals surface area contributed by atoms with Gasteiger partial charge in [-0.2, -0.15) is 0 Å². The molecule has 0 amide bonds. The lowest BCUT2D eigenvalue weighted by Gasteiger charge is -2.12. The molecule has 59 heavy (non-hydrogen) atoms. The van der Waals surface area contributed by atoms with E-state index in [1.807, 2.05) is 6.07 Å². The fourth-order valence-electron chi connectivity index (χ4n) is 8.73. The van der Waals surface area contributed by atoms with Gasteiger partial charge in [-0.25, -0.2) is 0 Å². The van der Waals surface area contributed by atoms with Crippen molar-refractivity contribution >= 4 is 55.4 Å². The zero-order valence-corrected chi connectivity index (χ0v) is 32.4. The average Bonchev–Trinajstić information content (AvgIpc) is 3.86. The molecule has 0 saturated heterocycles. The molecule has 0 spiro atoms. The normalized spacial score (nSPS) is 11.9. The standard InChI is InChI=1S/C57H39NO/c1-3-12-41(13-4-1)42-26-22-39(23-27-42)36-47(49-18-11-19-52-51-17-8-10-21-56(51)59-57(49)52)37-40-24-28-43(29-25-40)44-30-32-45(33-31-44)46-34-35-55-53(38-46)50-16-7-9-20-54(50)58(55)48-14-5-2-6-15-48/h1-36,38H,37H2/b47-36-. The summed E-state index contributed by atoms with van der Waals surface area (Å²) < 4.78 is 8.92. The van der Waals surface area contributed by atoms with Crippen LogP contribution in [0.5, 0.6) is 0 Å².